The Morgan fingerprint density at radius 3 is 2.24 bits per heavy atom. The van der Waals surface area contributed by atoms with Crippen molar-refractivity contribution in [3.8, 4) is 0 Å². The van der Waals surface area contributed by atoms with Gasteiger partial charge in [0, 0.05) is 26.2 Å². The molecule has 0 aliphatic rings. The molecule has 0 heterocycles. The van der Waals surface area contributed by atoms with Crippen LogP contribution in [0.25, 0.3) is 0 Å². The summed E-state index contributed by atoms with van der Waals surface area (Å²) in [6.07, 6.45) is 3.13. The quantitative estimate of drug-likeness (QED) is 0.646. The van der Waals surface area contributed by atoms with Crippen LogP contribution >= 0.6 is 0 Å². The molecule has 0 rings (SSSR count). The van der Waals surface area contributed by atoms with Gasteiger partial charge in [-0.1, -0.05) is 33.6 Å². The molecule has 1 atom stereocenters. The monoisotopic (exact) mass is 264 g/mol. The first-order chi connectivity index (χ1) is 7.82. The number of sulfonamides is 1. The number of nitrogens with zero attached hydrogens (tertiary/aromatic N) is 1. The molecule has 1 N–H and O–H groups in total. The van der Waals surface area contributed by atoms with Crippen molar-refractivity contribution in [2.24, 2.45) is 0 Å². The van der Waals surface area contributed by atoms with Gasteiger partial charge in [0.25, 0.3) is 0 Å². The number of unbranched alkanes of at least 4 members (excludes halogenated alkanes) is 2. The molecule has 4 nitrogen and oxygen atoms in total. The molecule has 0 aromatic heterocycles. The van der Waals surface area contributed by atoms with E-state index < -0.39 is 10.0 Å². The molecule has 0 bridgehead atoms. The van der Waals surface area contributed by atoms with E-state index in [1.165, 1.54) is 4.31 Å². The van der Waals surface area contributed by atoms with E-state index in [1.54, 1.807) is 14.0 Å². The van der Waals surface area contributed by atoms with Gasteiger partial charge in [0.1, 0.15) is 0 Å². The average molecular weight is 264 g/mol. The van der Waals surface area contributed by atoms with Gasteiger partial charge in [-0.2, -0.15) is 0 Å². The summed E-state index contributed by atoms with van der Waals surface area (Å²) in [5.74, 6) is 0. The van der Waals surface area contributed by atoms with Gasteiger partial charge >= 0.3 is 0 Å². The van der Waals surface area contributed by atoms with Gasteiger partial charge in [-0.15, -0.1) is 0 Å². The van der Waals surface area contributed by atoms with Gasteiger partial charge in [-0.3, -0.25) is 0 Å². The lowest BCUT2D eigenvalue weighted by atomic mass is 10.2. The van der Waals surface area contributed by atoms with Gasteiger partial charge < -0.3 is 5.32 Å². The van der Waals surface area contributed by atoms with E-state index in [9.17, 15) is 8.42 Å². The maximum Gasteiger partial charge on any atom is 0.217 e. The Labute approximate surface area is 107 Å². The molecule has 0 saturated heterocycles. The van der Waals surface area contributed by atoms with E-state index in [0.29, 0.717) is 19.1 Å². The molecule has 1 unspecified atom stereocenters. The minimum atomic E-state index is -3.14. The van der Waals surface area contributed by atoms with E-state index in [1.807, 2.05) is 13.8 Å². The standard InChI is InChI=1S/C12H28N2O2S/c1-6-7-8-9-14(5)17(15,16)12(4)10-13-11(2)3/h11-13H,6-10H2,1-5H3. The fourth-order valence-corrected chi connectivity index (χ4v) is 2.83. The Kier molecular flexibility index (Phi) is 8.00. The molecular weight excluding hydrogens is 236 g/mol. The highest BCUT2D eigenvalue weighted by atomic mass is 32.2. The van der Waals surface area contributed by atoms with Gasteiger partial charge in [0.15, 0.2) is 0 Å². The van der Waals surface area contributed by atoms with E-state index in [2.05, 4.69) is 12.2 Å². The summed E-state index contributed by atoms with van der Waals surface area (Å²) in [5, 5.41) is 2.80. The van der Waals surface area contributed by atoms with Gasteiger partial charge in [0.2, 0.25) is 10.0 Å². The lowest BCUT2D eigenvalue weighted by Crippen LogP contribution is -2.42. The predicted octanol–water partition coefficient (Wildman–Crippen LogP) is 1.82. The molecule has 17 heavy (non-hydrogen) atoms. The number of rotatable bonds is 9. The van der Waals surface area contributed by atoms with Crippen LogP contribution in [0, 0.1) is 0 Å². The fraction of sp³-hybridized carbons (Fsp3) is 1.00. The molecule has 0 amide bonds. The molecule has 0 radical (unpaired) electrons. The summed E-state index contributed by atoms with van der Waals surface area (Å²) in [6.45, 7) is 9.06. The lowest BCUT2D eigenvalue weighted by Gasteiger charge is -2.23. The highest BCUT2D eigenvalue weighted by Crippen LogP contribution is 2.08. The normalized spacial score (nSPS) is 14.5. The Morgan fingerprint density at radius 1 is 1.18 bits per heavy atom. The highest BCUT2D eigenvalue weighted by molar-refractivity contribution is 7.89. The summed E-state index contributed by atoms with van der Waals surface area (Å²) in [6, 6.07) is 0.318. The van der Waals surface area contributed by atoms with Crippen LogP contribution in [-0.4, -0.2) is 44.2 Å². The summed E-state index contributed by atoms with van der Waals surface area (Å²) < 4.78 is 25.7. The van der Waals surface area contributed by atoms with Gasteiger partial charge in [-0.05, 0) is 13.3 Å². The third kappa shape index (κ3) is 6.38. The fourth-order valence-electron chi connectivity index (χ4n) is 1.53. The Hall–Kier alpha value is -0.130. The maximum atomic E-state index is 12.1. The summed E-state index contributed by atoms with van der Waals surface area (Å²) in [7, 11) is -1.47. The second-order valence-corrected chi connectivity index (χ2v) is 7.41. The van der Waals surface area contributed by atoms with Gasteiger partial charge in [0.05, 0.1) is 5.25 Å². The van der Waals surface area contributed by atoms with Crippen LogP contribution in [0.3, 0.4) is 0 Å². The highest BCUT2D eigenvalue weighted by Gasteiger charge is 2.25. The largest absolute Gasteiger partial charge is 0.313 e. The smallest absolute Gasteiger partial charge is 0.217 e. The van der Waals surface area contributed by atoms with Gasteiger partial charge in [-0.25, -0.2) is 12.7 Å². The molecule has 0 aliphatic carbocycles. The second-order valence-electron chi connectivity index (χ2n) is 4.95. The first-order valence-electron chi connectivity index (χ1n) is 6.50. The van der Waals surface area contributed by atoms with Crippen LogP contribution < -0.4 is 5.32 Å². The minimum Gasteiger partial charge on any atom is -0.313 e. The summed E-state index contributed by atoms with van der Waals surface area (Å²) in [4.78, 5) is 0. The zero-order valence-corrected chi connectivity index (χ0v) is 12.7. The van der Waals surface area contributed by atoms with Crippen LogP contribution in [-0.2, 0) is 10.0 Å². The van der Waals surface area contributed by atoms with Crippen molar-refractivity contribution in [2.75, 3.05) is 20.1 Å². The predicted molar refractivity (Wildman–Crippen MR) is 73.7 cm³/mol. The van der Waals surface area contributed by atoms with Crippen molar-refractivity contribution < 1.29 is 8.42 Å². The molecule has 104 valence electrons. The van der Waals surface area contributed by atoms with Crippen molar-refractivity contribution in [1.29, 1.82) is 0 Å². The van der Waals surface area contributed by atoms with E-state index in [4.69, 9.17) is 0 Å². The summed E-state index contributed by atoms with van der Waals surface area (Å²) in [5.41, 5.74) is 0. The Balaban J connectivity index is 4.23. The molecule has 0 aliphatic heterocycles. The van der Waals surface area contributed by atoms with Crippen LogP contribution in [0.15, 0.2) is 0 Å². The van der Waals surface area contributed by atoms with Crippen LogP contribution in [0.4, 0.5) is 0 Å². The zero-order valence-electron chi connectivity index (χ0n) is 11.9. The van der Waals surface area contributed by atoms with Crippen molar-refractivity contribution in [3.05, 3.63) is 0 Å². The van der Waals surface area contributed by atoms with Crippen molar-refractivity contribution in [3.63, 3.8) is 0 Å². The molecule has 0 aromatic carbocycles. The van der Waals surface area contributed by atoms with Crippen molar-refractivity contribution >= 4 is 10.0 Å². The molecule has 0 fully saturated rings. The zero-order chi connectivity index (χ0) is 13.5. The minimum absolute atomic E-state index is 0.318. The topological polar surface area (TPSA) is 49.4 Å². The number of hydrogen-bond acceptors (Lipinski definition) is 3. The van der Waals surface area contributed by atoms with Crippen LogP contribution in [0.5, 0.6) is 0 Å². The Morgan fingerprint density at radius 2 is 1.76 bits per heavy atom. The van der Waals surface area contributed by atoms with E-state index >= 15 is 0 Å². The van der Waals surface area contributed by atoms with E-state index in [-0.39, 0.29) is 5.25 Å². The molecule has 0 saturated carbocycles. The van der Waals surface area contributed by atoms with Crippen molar-refractivity contribution in [1.82, 2.24) is 9.62 Å². The molecule has 0 aromatic rings. The first kappa shape index (κ1) is 16.9. The molecular formula is C12H28N2O2S. The Bertz CT molecular complexity index is 289. The average Bonchev–Trinajstić information content (AvgIpc) is 2.25. The van der Waals surface area contributed by atoms with Crippen molar-refractivity contribution in [2.45, 2.75) is 58.2 Å². The SMILES string of the molecule is CCCCCN(C)S(=O)(=O)C(C)CNC(C)C. The summed E-state index contributed by atoms with van der Waals surface area (Å²) >= 11 is 0. The molecule has 0 spiro atoms. The number of hydrogen-bond donors (Lipinski definition) is 1. The third-order valence-corrected chi connectivity index (χ3v) is 5.07. The second kappa shape index (κ2) is 8.06. The number of nitrogens with one attached hydrogen (secondary N) is 1. The third-order valence-electron chi connectivity index (χ3n) is 2.83. The lowest BCUT2D eigenvalue weighted by molar-refractivity contribution is 0.441. The van der Waals surface area contributed by atoms with Crippen LogP contribution in [0.2, 0.25) is 0 Å². The molecule has 5 heteroatoms. The maximum absolute atomic E-state index is 12.1. The van der Waals surface area contributed by atoms with E-state index in [0.717, 1.165) is 19.3 Å². The van der Waals surface area contributed by atoms with Crippen LogP contribution in [0.1, 0.15) is 47.0 Å². The first-order valence-corrected chi connectivity index (χ1v) is 8.01.